The second-order valence-electron chi connectivity index (χ2n) is 4.45. The lowest BCUT2D eigenvalue weighted by Crippen LogP contribution is -2.22. The molecular weight excluding hydrogens is 228 g/mol. The molecule has 0 radical (unpaired) electrons. The number of aromatic nitrogens is 2. The minimum Gasteiger partial charge on any atom is -0.387 e. The molecule has 1 aromatic heterocycles. The van der Waals surface area contributed by atoms with Gasteiger partial charge >= 0.3 is 0 Å². The van der Waals surface area contributed by atoms with Crippen molar-refractivity contribution in [3.8, 4) is 0 Å². The average Bonchev–Trinajstić information content (AvgIpc) is 2.32. The fraction of sp³-hybridized carbons (Fsp3) is 0.286. The standard InChI is InChI=1S/C14H16N2O2/c1-10-3-4-12(11(2)7-10)13(17)8-16-9-15-6-5-14(16)18/h3-7,9,13,17H,8H2,1-2H3. The van der Waals surface area contributed by atoms with Crippen LogP contribution in [0.3, 0.4) is 0 Å². The molecule has 4 heteroatoms. The molecule has 18 heavy (non-hydrogen) atoms. The van der Waals surface area contributed by atoms with Crippen molar-refractivity contribution in [3.63, 3.8) is 0 Å². The van der Waals surface area contributed by atoms with E-state index in [1.54, 1.807) is 0 Å². The van der Waals surface area contributed by atoms with E-state index in [4.69, 9.17) is 0 Å². The van der Waals surface area contributed by atoms with Crippen molar-refractivity contribution in [1.82, 2.24) is 9.55 Å². The summed E-state index contributed by atoms with van der Waals surface area (Å²) >= 11 is 0. The van der Waals surface area contributed by atoms with Crippen molar-refractivity contribution in [3.05, 3.63) is 63.8 Å². The van der Waals surface area contributed by atoms with Gasteiger partial charge in [0.15, 0.2) is 0 Å². The molecule has 0 fully saturated rings. The van der Waals surface area contributed by atoms with Crippen LogP contribution in [0.1, 0.15) is 22.8 Å². The van der Waals surface area contributed by atoms with Crippen molar-refractivity contribution < 1.29 is 5.11 Å². The topological polar surface area (TPSA) is 55.1 Å². The lowest BCUT2D eigenvalue weighted by Gasteiger charge is -2.15. The molecule has 0 aliphatic rings. The highest BCUT2D eigenvalue weighted by molar-refractivity contribution is 5.31. The Morgan fingerprint density at radius 3 is 2.78 bits per heavy atom. The molecule has 2 aromatic rings. The van der Waals surface area contributed by atoms with Gasteiger partial charge in [0, 0.05) is 12.3 Å². The van der Waals surface area contributed by atoms with E-state index in [-0.39, 0.29) is 12.1 Å². The average molecular weight is 244 g/mol. The van der Waals surface area contributed by atoms with Crippen LogP contribution in [0.4, 0.5) is 0 Å². The summed E-state index contributed by atoms with van der Waals surface area (Å²) in [4.78, 5) is 15.4. The maximum atomic E-state index is 11.5. The molecule has 94 valence electrons. The summed E-state index contributed by atoms with van der Waals surface area (Å²) in [5.41, 5.74) is 2.87. The van der Waals surface area contributed by atoms with E-state index in [1.165, 1.54) is 23.2 Å². The summed E-state index contributed by atoms with van der Waals surface area (Å²) in [6, 6.07) is 7.26. The largest absolute Gasteiger partial charge is 0.387 e. The Kier molecular flexibility index (Phi) is 3.58. The van der Waals surface area contributed by atoms with E-state index in [2.05, 4.69) is 4.98 Å². The Balaban J connectivity index is 2.25. The zero-order chi connectivity index (χ0) is 13.1. The van der Waals surface area contributed by atoms with Gasteiger partial charge in [-0.15, -0.1) is 0 Å². The van der Waals surface area contributed by atoms with Gasteiger partial charge in [0.05, 0.1) is 19.0 Å². The van der Waals surface area contributed by atoms with Crippen molar-refractivity contribution in [2.24, 2.45) is 0 Å². The quantitative estimate of drug-likeness (QED) is 0.892. The molecule has 0 saturated heterocycles. The van der Waals surface area contributed by atoms with Crippen LogP contribution < -0.4 is 5.56 Å². The van der Waals surface area contributed by atoms with Gasteiger partial charge in [0.25, 0.3) is 5.56 Å². The lowest BCUT2D eigenvalue weighted by atomic mass is 10.0. The fourth-order valence-electron chi connectivity index (χ4n) is 2.00. The van der Waals surface area contributed by atoms with Crippen molar-refractivity contribution in [1.29, 1.82) is 0 Å². The first kappa shape index (κ1) is 12.5. The van der Waals surface area contributed by atoms with Crippen LogP contribution in [0, 0.1) is 13.8 Å². The molecule has 2 rings (SSSR count). The van der Waals surface area contributed by atoms with E-state index in [0.717, 1.165) is 16.7 Å². The van der Waals surface area contributed by atoms with Crippen LogP contribution in [0.5, 0.6) is 0 Å². The number of hydrogen-bond donors (Lipinski definition) is 1. The monoisotopic (exact) mass is 244 g/mol. The smallest absolute Gasteiger partial charge is 0.253 e. The number of benzene rings is 1. The minimum absolute atomic E-state index is 0.159. The second kappa shape index (κ2) is 5.14. The third-order valence-electron chi connectivity index (χ3n) is 2.95. The molecular formula is C14H16N2O2. The van der Waals surface area contributed by atoms with Crippen LogP contribution in [-0.4, -0.2) is 14.7 Å². The van der Waals surface area contributed by atoms with Crippen LogP contribution in [0.15, 0.2) is 41.6 Å². The molecule has 0 aliphatic heterocycles. The zero-order valence-corrected chi connectivity index (χ0v) is 10.5. The van der Waals surface area contributed by atoms with E-state index >= 15 is 0 Å². The van der Waals surface area contributed by atoms with E-state index < -0.39 is 6.10 Å². The molecule has 0 spiro atoms. The van der Waals surface area contributed by atoms with Gasteiger partial charge in [-0.3, -0.25) is 9.36 Å². The normalized spacial score (nSPS) is 12.4. The van der Waals surface area contributed by atoms with E-state index in [1.807, 2.05) is 32.0 Å². The van der Waals surface area contributed by atoms with Crippen molar-refractivity contribution >= 4 is 0 Å². The summed E-state index contributed by atoms with van der Waals surface area (Å²) in [7, 11) is 0. The molecule has 0 saturated carbocycles. The highest BCUT2D eigenvalue weighted by Crippen LogP contribution is 2.19. The Morgan fingerprint density at radius 2 is 2.11 bits per heavy atom. The van der Waals surface area contributed by atoms with Gasteiger partial charge in [-0.1, -0.05) is 23.8 Å². The van der Waals surface area contributed by atoms with Gasteiger partial charge in [0.1, 0.15) is 0 Å². The second-order valence-corrected chi connectivity index (χ2v) is 4.45. The number of aryl methyl sites for hydroxylation is 2. The predicted octanol–water partition coefficient (Wildman–Crippen LogP) is 1.59. The molecule has 1 unspecified atom stereocenters. The number of aliphatic hydroxyl groups excluding tert-OH is 1. The highest BCUT2D eigenvalue weighted by atomic mass is 16.3. The summed E-state index contributed by atoms with van der Waals surface area (Å²) < 4.78 is 1.41. The molecule has 1 atom stereocenters. The highest BCUT2D eigenvalue weighted by Gasteiger charge is 2.11. The van der Waals surface area contributed by atoms with Crippen LogP contribution in [-0.2, 0) is 6.54 Å². The van der Waals surface area contributed by atoms with E-state index in [9.17, 15) is 9.90 Å². The molecule has 4 nitrogen and oxygen atoms in total. The summed E-state index contributed by atoms with van der Waals surface area (Å²) in [6.07, 6.45) is 2.18. The molecule has 0 amide bonds. The zero-order valence-electron chi connectivity index (χ0n) is 10.5. The summed E-state index contributed by atoms with van der Waals surface area (Å²) in [5, 5.41) is 10.2. The maximum absolute atomic E-state index is 11.5. The summed E-state index contributed by atoms with van der Waals surface area (Å²) in [6.45, 7) is 4.18. The summed E-state index contributed by atoms with van der Waals surface area (Å²) in [5.74, 6) is 0. The maximum Gasteiger partial charge on any atom is 0.253 e. The number of nitrogens with zero attached hydrogens (tertiary/aromatic N) is 2. The van der Waals surface area contributed by atoms with Crippen LogP contribution in [0.25, 0.3) is 0 Å². The van der Waals surface area contributed by atoms with E-state index in [0.29, 0.717) is 0 Å². The molecule has 1 heterocycles. The molecule has 1 N–H and O–H groups in total. The fourth-order valence-corrected chi connectivity index (χ4v) is 2.00. The molecule has 0 aliphatic carbocycles. The van der Waals surface area contributed by atoms with Gasteiger partial charge in [0.2, 0.25) is 0 Å². The number of aliphatic hydroxyl groups is 1. The van der Waals surface area contributed by atoms with Gasteiger partial charge in [-0.05, 0) is 25.0 Å². The first-order valence-corrected chi connectivity index (χ1v) is 5.83. The molecule has 0 bridgehead atoms. The first-order valence-electron chi connectivity index (χ1n) is 5.83. The number of hydrogen-bond acceptors (Lipinski definition) is 3. The van der Waals surface area contributed by atoms with Gasteiger partial charge in [-0.2, -0.15) is 0 Å². The van der Waals surface area contributed by atoms with Crippen LogP contribution in [0.2, 0.25) is 0 Å². The Morgan fingerprint density at radius 1 is 1.33 bits per heavy atom. The SMILES string of the molecule is Cc1ccc(C(O)Cn2cnccc2=O)c(C)c1. The van der Waals surface area contributed by atoms with Crippen LogP contribution >= 0.6 is 0 Å². The van der Waals surface area contributed by atoms with Gasteiger partial charge < -0.3 is 5.11 Å². The Labute approximate surface area is 106 Å². The predicted molar refractivity (Wildman–Crippen MR) is 69.4 cm³/mol. The number of rotatable bonds is 3. The third kappa shape index (κ3) is 2.65. The van der Waals surface area contributed by atoms with Gasteiger partial charge in [-0.25, -0.2) is 4.98 Å². The first-order chi connectivity index (χ1) is 8.58. The minimum atomic E-state index is -0.701. The van der Waals surface area contributed by atoms with Crippen molar-refractivity contribution in [2.75, 3.05) is 0 Å². The lowest BCUT2D eigenvalue weighted by molar-refractivity contribution is 0.154. The third-order valence-corrected chi connectivity index (χ3v) is 2.95. The Bertz CT molecular complexity index is 605. The molecule has 1 aromatic carbocycles. The Hall–Kier alpha value is -1.94. The van der Waals surface area contributed by atoms with Crippen molar-refractivity contribution in [2.45, 2.75) is 26.5 Å².